The lowest BCUT2D eigenvalue weighted by Crippen LogP contribution is -2.30. The highest BCUT2D eigenvalue weighted by Crippen LogP contribution is 2.26. The maximum absolute atomic E-state index is 13.9. The summed E-state index contributed by atoms with van der Waals surface area (Å²) in [6.07, 6.45) is 7.86. The fourth-order valence-corrected chi connectivity index (χ4v) is 4.01. The van der Waals surface area contributed by atoms with Gasteiger partial charge in [-0.2, -0.15) is 9.36 Å². The summed E-state index contributed by atoms with van der Waals surface area (Å²) in [7, 11) is 0. The fourth-order valence-electron chi connectivity index (χ4n) is 4.01. The summed E-state index contributed by atoms with van der Waals surface area (Å²) in [4.78, 5) is 36.9. The monoisotopic (exact) mass is 414 g/mol. The van der Waals surface area contributed by atoms with E-state index in [2.05, 4.69) is 10.4 Å². The first-order chi connectivity index (χ1) is 14.5. The predicted molar refractivity (Wildman–Crippen MR) is 104 cm³/mol. The van der Waals surface area contributed by atoms with Crippen LogP contribution < -0.4 is 5.69 Å². The van der Waals surface area contributed by atoms with Crippen LogP contribution in [-0.4, -0.2) is 31.5 Å². The summed E-state index contributed by atoms with van der Waals surface area (Å²) in [6.45, 7) is -0.105. The van der Waals surface area contributed by atoms with Gasteiger partial charge in [0.15, 0.2) is 5.78 Å². The number of halogens is 1. The van der Waals surface area contributed by atoms with Crippen molar-refractivity contribution in [3.05, 3.63) is 57.5 Å². The van der Waals surface area contributed by atoms with Gasteiger partial charge in [0.05, 0.1) is 18.2 Å². The molecule has 9 heteroatoms. The summed E-state index contributed by atoms with van der Waals surface area (Å²) < 4.78 is 21.7. The Balaban J connectivity index is 1.57. The summed E-state index contributed by atoms with van der Waals surface area (Å²) >= 11 is 0. The molecule has 0 N–H and O–H groups in total. The fraction of sp³-hybridized carbons (Fsp3) is 0.476. The second-order valence-electron chi connectivity index (χ2n) is 7.78. The first-order valence-electron chi connectivity index (χ1n) is 10.3. The van der Waals surface area contributed by atoms with Crippen molar-refractivity contribution >= 4 is 11.8 Å². The quantitative estimate of drug-likeness (QED) is 0.698. The Morgan fingerprint density at radius 2 is 1.90 bits per heavy atom. The summed E-state index contributed by atoms with van der Waals surface area (Å²) in [5.41, 5.74) is 0.000957. The van der Waals surface area contributed by atoms with Crippen LogP contribution in [0.3, 0.4) is 0 Å². The molecule has 0 bridgehead atoms. The molecule has 0 spiro atoms. The van der Waals surface area contributed by atoms with Gasteiger partial charge < -0.3 is 4.74 Å². The first-order valence-corrected chi connectivity index (χ1v) is 10.3. The molecule has 0 saturated heterocycles. The second kappa shape index (κ2) is 8.73. The van der Waals surface area contributed by atoms with Gasteiger partial charge >= 0.3 is 11.7 Å². The number of nitrogens with zero attached hydrogens (tertiary/aromatic N) is 4. The minimum atomic E-state index is -0.696. The molecule has 0 amide bonds. The average Bonchev–Trinajstić information content (AvgIpc) is 3.09. The second-order valence-corrected chi connectivity index (χ2v) is 7.78. The van der Waals surface area contributed by atoms with E-state index in [1.54, 1.807) is 0 Å². The van der Waals surface area contributed by atoms with Gasteiger partial charge in [-0.05, 0) is 53.5 Å². The van der Waals surface area contributed by atoms with Gasteiger partial charge in [-0.1, -0.05) is 19.3 Å². The van der Waals surface area contributed by atoms with E-state index < -0.39 is 11.8 Å². The van der Waals surface area contributed by atoms with Crippen LogP contribution in [0.5, 0.6) is 0 Å². The molecule has 1 saturated carbocycles. The number of carbonyl (C=O) groups excluding carboxylic acids is 2. The van der Waals surface area contributed by atoms with Gasteiger partial charge in [0, 0.05) is 18.9 Å². The molecule has 158 valence electrons. The van der Waals surface area contributed by atoms with E-state index in [0.29, 0.717) is 25.0 Å². The molecule has 0 atom stereocenters. The normalized spacial score (nSPS) is 17.6. The van der Waals surface area contributed by atoms with Crippen molar-refractivity contribution in [2.24, 2.45) is 0 Å². The Morgan fingerprint density at radius 1 is 1.10 bits per heavy atom. The summed E-state index contributed by atoms with van der Waals surface area (Å²) in [5, 5.41) is 7.92. The number of esters is 1. The largest absolute Gasteiger partial charge is 0.427 e. The Bertz CT molecular complexity index is 1050. The lowest BCUT2D eigenvalue weighted by atomic mass is 9.96. The summed E-state index contributed by atoms with van der Waals surface area (Å²) in [6, 6.07) is 3.67. The Labute approximate surface area is 172 Å². The average molecular weight is 414 g/mol. The highest BCUT2D eigenvalue weighted by molar-refractivity contribution is 5.94. The van der Waals surface area contributed by atoms with E-state index in [9.17, 15) is 18.8 Å². The molecular weight excluding hydrogens is 391 g/mol. The van der Waals surface area contributed by atoms with Gasteiger partial charge in [-0.15, -0.1) is 0 Å². The SMILES string of the molecule is O=C1C=C(OC(=O)c2ccc(F)cc2Cn2nnn(C3CCCCC3)c2=O)CCC1. The van der Waals surface area contributed by atoms with Crippen LogP contribution in [0.15, 0.2) is 34.8 Å². The highest BCUT2D eigenvalue weighted by atomic mass is 19.1. The van der Waals surface area contributed by atoms with Gasteiger partial charge in [0.1, 0.15) is 11.6 Å². The van der Waals surface area contributed by atoms with Gasteiger partial charge in [0.25, 0.3) is 0 Å². The molecule has 2 aromatic rings. The zero-order chi connectivity index (χ0) is 21.1. The number of tetrazole rings is 1. The standard InChI is InChI=1S/C21H23FN4O4/c22-15-9-10-19(20(28)30-18-8-4-7-17(27)12-18)14(11-15)13-25-21(29)26(24-23-25)16-5-2-1-3-6-16/h9-12,16H,1-8,13H2. The van der Waals surface area contributed by atoms with Crippen molar-refractivity contribution < 1.29 is 18.7 Å². The molecule has 1 aromatic carbocycles. The lowest BCUT2D eigenvalue weighted by molar-refractivity contribution is -0.115. The molecule has 2 aliphatic rings. The maximum atomic E-state index is 13.9. The Hall–Kier alpha value is -3.10. The number of rotatable bonds is 5. The Kier molecular flexibility index (Phi) is 5.87. The van der Waals surface area contributed by atoms with E-state index in [0.717, 1.165) is 42.9 Å². The van der Waals surface area contributed by atoms with Crippen LogP contribution >= 0.6 is 0 Å². The van der Waals surface area contributed by atoms with Crippen LogP contribution in [0.1, 0.15) is 73.3 Å². The van der Waals surface area contributed by atoms with E-state index in [-0.39, 0.29) is 35.2 Å². The maximum Gasteiger partial charge on any atom is 0.364 e. The topological polar surface area (TPSA) is 96.1 Å². The van der Waals surface area contributed by atoms with E-state index >= 15 is 0 Å². The molecule has 8 nitrogen and oxygen atoms in total. The van der Waals surface area contributed by atoms with Crippen LogP contribution in [0.4, 0.5) is 4.39 Å². The Morgan fingerprint density at radius 3 is 2.67 bits per heavy atom. The van der Waals surface area contributed by atoms with Crippen molar-refractivity contribution in [2.45, 2.75) is 64.0 Å². The van der Waals surface area contributed by atoms with Gasteiger partial charge in [-0.3, -0.25) is 4.79 Å². The molecular formula is C21H23FN4O4. The molecule has 1 fully saturated rings. The van der Waals surface area contributed by atoms with Crippen LogP contribution in [0.25, 0.3) is 0 Å². The number of benzene rings is 1. The number of ether oxygens (including phenoxy) is 1. The minimum Gasteiger partial charge on any atom is -0.427 e. The number of allylic oxidation sites excluding steroid dienone is 2. The molecule has 0 radical (unpaired) electrons. The molecule has 30 heavy (non-hydrogen) atoms. The zero-order valence-electron chi connectivity index (χ0n) is 16.6. The lowest BCUT2D eigenvalue weighted by Gasteiger charge is -2.19. The molecule has 4 rings (SSSR count). The molecule has 0 unspecified atom stereocenters. The highest BCUT2D eigenvalue weighted by Gasteiger charge is 2.22. The predicted octanol–water partition coefficient (Wildman–Crippen LogP) is 2.93. The smallest absolute Gasteiger partial charge is 0.364 e. The van der Waals surface area contributed by atoms with E-state index in [1.807, 2.05) is 0 Å². The number of hydrogen-bond acceptors (Lipinski definition) is 6. The molecule has 1 aromatic heterocycles. The number of ketones is 1. The third-order valence-electron chi connectivity index (χ3n) is 5.58. The molecule has 1 heterocycles. The van der Waals surface area contributed by atoms with Crippen molar-refractivity contribution in [2.75, 3.05) is 0 Å². The van der Waals surface area contributed by atoms with E-state index in [4.69, 9.17) is 4.74 Å². The van der Waals surface area contributed by atoms with Gasteiger partial charge in [-0.25, -0.2) is 14.0 Å². The summed E-state index contributed by atoms with van der Waals surface area (Å²) in [5.74, 6) is -1.03. The third-order valence-corrected chi connectivity index (χ3v) is 5.58. The minimum absolute atomic E-state index is 0.0210. The van der Waals surface area contributed by atoms with Gasteiger partial charge in [0.2, 0.25) is 0 Å². The van der Waals surface area contributed by atoms with Crippen LogP contribution in [0.2, 0.25) is 0 Å². The van der Waals surface area contributed by atoms with Crippen molar-refractivity contribution in [3.63, 3.8) is 0 Å². The van der Waals surface area contributed by atoms with Crippen molar-refractivity contribution in [1.29, 1.82) is 0 Å². The van der Waals surface area contributed by atoms with E-state index in [1.165, 1.54) is 22.9 Å². The number of carbonyl (C=O) groups is 2. The van der Waals surface area contributed by atoms with Crippen LogP contribution in [0, 0.1) is 5.82 Å². The van der Waals surface area contributed by atoms with Crippen molar-refractivity contribution in [3.8, 4) is 0 Å². The van der Waals surface area contributed by atoms with Crippen LogP contribution in [-0.2, 0) is 16.1 Å². The molecule has 0 aliphatic heterocycles. The molecule has 2 aliphatic carbocycles. The zero-order valence-corrected chi connectivity index (χ0v) is 16.6. The number of hydrogen-bond donors (Lipinski definition) is 0. The van der Waals surface area contributed by atoms with Crippen molar-refractivity contribution in [1.82, 2.24) is 19.8 Å². The number of aromatic nitrogens is 4. The first kappa shape index (κ1) is 20.2. The third kappa shape index (κ3) is 4.39.